The van der Waals surface area contributed by atoms with Crippen molar-refractivity contribution in [3.05, 3.63) is 0 Å². The highest BCUT2D eigenvalue weighted by molar-refractivity contribution is 5.85. The van der Waals surface area contributed by atoms with Crippen LogP contribution < -0.4 is 11.1 Å². The first-order valence-corrected chi connectivity index (χ1v) is 2.66. The molecule has 0 aliphatic heterocycles. The predicted octanol–water partition coefficient (Wildman–Crippen LogP) is -1.56. The Morgan fingerprint density at radius 1 is 1.89 bits per heavy atom. The maximum atomic E-state index is 10.7. The van der Waals surface area contributed by atoms with Crippen LogP contribution in [-0.4, -0.2) is 30.2 Å². The number of nitrogens with one attached hydrogen (secondary N) is 1. The first kappa shape index (κ1) is 8.39. The number of hydrogen-bond acceptors (Lipinski definition) is 3. The van der Waals surface area contributed by atoms with Gasteiger partial charge in [0.15, 0.2) is 0 Å². The van der Waals surface area contributed by atoms with Crippen molar-refractivity contribution in [2.45, 2.75) is 12.5 Å². The molecule has 0 saturated heterocycles. The normalized spacial score (nSPS) is 16.4. The molecule has 4 nitrogen and oxygen atoms in total. The third kappa shape index (κ3) is 1.99. The highest BCUT2D eigenvalue weighted by Crippen LogP contribution is 1.94. The summed E-state index contributed by atoms with van der Waals surface area (Å²) < 4.78 is 0. The number of carbonyl (C=O) groups excluding carboxylic acids is 1. The minimum absolute atomic E-state index is 0.341. The summed E-state index contributed by atoms with van der Waals surface area (Å²) in [7, 11) is 1.48. The van der Waals surface area contributed by atoms with Gasteiger partial charge in [-0.15, -0.1) is 0 Å². The van der Waals surface area contributed by atoms with Gasteiger partial charge >= 0.3 is 0 Å². The lowest BCUT2D eigenvalue weighted by atomic mass is 10.1. The van der Waals surface area contributed by atoms with E-state index in [4.69, 9.17) is 10.8 Å². The number of aliphatic hydroxyl groups excluding tert-OH is 1. The summed E-state index contributed by atoms with van der Waals surface area (Å²) in [5.74, 6) is -0.356. The molecule has 0 heterocycles. The number of aliphatic hydroxyl groups is 1. The van der Waals surface area contributed by atoms with Gasteiger partial charge in [-0.3, -0.25) is 4.79 Å². The van der Waals surface area contributed by atoms with Crippen LogP contribution in [0.2, 0.25) is 0 Å². The van der Waals surface area contributed by atoms with Gasteiger partial charge in [-0.1, -0.05) is 0 Å². The Balaban J connectivity index is 3.97. The van der Waals surface area contributed by atoms with E-state index in [0.29, 0.717) is 0 Å². The molecule has 0 aromatic carbocycles. The second kappa shape index (κ2) is 2.80. The number of carbonyl (C=O) groups is 1. The highest BCUT2D eigenvalue weighted by atomic mass is 16.3. The van der Waals surface area contributed by atoms with Crippen molar-refractivity contribution in [3.63, 3.8) is 0 Å². The molecule has 0 aliphatic carbocycles. The van der Waals surface area contributed by atoms with Crippen LogP contribution in [-0.2, 0) is 4.79 Å². The van der Waals surface area contributed by atoms with Crippen molar-refractivity contribution in [2.24, 2.45) is 5.73 Å². The standard InChI is InChI=1S/C5H12N2O2/c1-5(6,3-8)4(9)7-2/h8H,3,6H2,1-2H3,(H,7,9)/t5-/m0/s1. The fourth-order valence-electron chi connectivity index (χ4n) is 0.357. The SMILES string of the molecule is CNC(=O)[C@@](C)(N)CO. The zero-order valence-electron chi connectivity index (χ0n) is 5.64. The lowest BCUT2D eigenvalue weighted by Crippen LogP contribution is -2.53. The van der Waals surface area contributed by atoms with E-state index in [1.54, 1.807) is 0 Å². The van der Waals surface area contributed by atoms with Crippen molar-refractivity contribution in [3.8, 4) is 0 Å². The Hall–Kier alpha value is -0.610. The Morgan fingerprint density at radius 3 is 2.44 bits per heavy atom. The van der Waals surface area contributed by atoms with Crippen LogP contribution in [0.15, 0.2) is 0 Å². The molecule has 54 valence electrons. The number of rotatable bonds is 2. The summed E-state index contributed by atoms with van der Waals surface area (Å²) >= 11 is 0. The van der Waals surface area contributed by atoms with Crippen molar-refractivity contribution in [1.29, 1.82) is 0 Å². The van der Waals surface area contributed by atoms with E-state index in [2.05, 4.69) is 5.32 Å². The van der Waals surface area contributed by atoms with Crippen LogP contribution in [0.3, 0.4) is 0 Å². The molecule has 0 fully saturated rings. The van der Waals surface area contributed by atoms with Crippen molar-refractivity contribution >= 4 is 5.91 Å². The maximum Gasteiger partial charge on any atom is 0.241 e. The maximum absolute atomic E-state index is 10.7. The summed E-state index contributed by atoms with van der Waals surface area (Å²) in [5.41, 5.74) is 4.16. The Morgan fingerprint density at radius 2 is 2.33 bits per heavy atom. The summed E-state index contributed by atoms with van der Waals surface area (Å²) in [5, 5.41) is 10.8. The number of likely N-dealkylation sites (N-methyl/N-ethyl adjacent to an activating group) is 1. The molecule has 0 aliphatic rings. The molecule has 0 unspecified atom stereocenters. The van der Waals surface area contributed by atoms with E-state index in [-0.39, 0.29) is 12.5 Å². The molecular formula is C5H12N2O2. The lowest BCUT2D eigenvalue weighted by Gasteiger charge is -2.18. The van der Waals surface area contributed by atoms with Crippen LogP contribution in [0.1, 0.15) is 6.92 Å². The minimum atomic E-state index is -1.14. The van der Waals surface area contributed by atoms with Crippen LogP contribution in [0, 0.1) is 0 Å². The third-order valence-corrected chi connectivity index (χ3v) is 1.07. The van der Waals surface area contributed by atoms with Gasteiger partial charge in [-0.05, 0) is 6.92 Å². The van der Waals surface area contributed by atoms with E-state index in [1.165, 1.54) is 14.0 Å². The van der Waals surface area contributed by atoms with Gasteiger partial charge in [0.05, 0.1) is 6.61 Å². The molecule has 1 amide bonds. The number of hydrogen-bond donors (Lipinski definition) is 3. The van der Waals surface area contributed by atoms with Gasteiger partial charge in [0.1, 0.15) is 5.54 Å². The Kier molecular flexibility index (Phi) is 2.61. The molecule has 0 spiro atoms. The van der Waals surface area contributed by atoms with Crippen LogP contribution in [0.5, 0.6) is 0 Å². The Labute approximate surface area is 54.0 Å². The zero-order chi connectivity index (χ0) is 7.49. The molecule has 0 aromatic rings. The first-order valence-electron chi connectivity index (χ1n) is 2.66. The fraction of sp³-hybridized carbons (Fsp3) is 0.800. The molecule has 0 rings (SSSR count). The van der Waals surface area contributed by atoms with Crippen molar-refractivity contribution < 1.29 is 9.90 Å². The van der Waals surface area contributed by atoms with E-state index in [0.717, 1.165) is 0 Å². The van der Waals surface area contributed by atoms with Crippen LogP contribution in [0.25, 0.3) is 0 Å². The average Bonchev–Trinajstić information content (AvgIpc) is 1.86. The van der Waals surface area contributed by atoms with Crippen molar-refractivity contribution in [2.75, 3.05) is 13.7 Å². The smallest absolute Gasteiger partial charge is 0.241 e. The molecule has 4 heteroatoms. The molecule has 0 radical (unpaired) electrons. The molecule has 0 bridgehead atoms. The first-order chi connectivity index (χ1) is 4.04. The topological polar surface area (TPSA) is 75.4 Å². The van der Waals surface area contributed by atoms with E-state index in [1.807, 2.05) is 0 Å². The summed E-state index contributed by atoms with van der Waals surface area (Å²) in [4.78, 5) is 10.7. The number of nitrogens with two attached hydrogens (primary N) is 1. The van der Waals surface area contributed by atoms with E-state index < -0.39 is 5.54 Å². The lowest BCUT2D eigenvalue weighted by molar-refractivity contribution is -0.126. The molecule has 0 saturated carbocycles. The van der Waals surface area contributed by atoms with Gasteiger partial charge in [0.2, 0.25) is 5.91 Å². The zero-order valence-corrected chi connectivity index (χ0v) is 5.64. The van der Waals surface area contributed by atoms with E-state index in [9.17, 15) is 4.79 Å². The fourth-order valence-corrected chi connectivity index (χ4v) is 0.357. The average molecular weight is 132 g/mol. The Bertz CT molecular complexity index is 112. The number of amides is 1. The summed E-state index contributed by atoms with van der Waals surface area (Å²) in [6.07, 6.45) is 0. The monoisotopic (exact) mass is 132 g/mol. The van der Waals surface area contributed by atoms with Gasteiger partial charge in [0, 0.05) is 7.05 Å². The van der Waals surface area contributed by atoms with Gasteiger partial charge < -0.3 is 16.2 Å². The second-order valence-corrected chi connectivity index (χ2v) is 2.15. The van der Waals surface area contributed by atoms with Gasteiger partial charge in [-0.2, -0.15) is 0 Å². The second-order valence-electron chi connectivity index (χ2n) is 2.15. The quantitative estimate of drug-likeness (QED) is 0.425. The van der Waals surface area contributed by atoms with E-state index >= 15 is 0 Å². The van der Waals surface area contributed by atoms with Gasteiger partial charge in [-0.25, -0.2) is 0 Å². The van der Waals surface area contributed by atoms with Crippen LogP contribution in [0.4, 0.5) is 0 Å². The summed E-state index contributed by atoms with van der Waals surface area (Å²) in [6.45, 7) is 1.12. The minimum Gasteiger partial charge on any atom is -0.394 e. The summed E-state index contributed by atoms with van der Waals surface area (Å²) in [6, 6.07) is 0. The highest BCUT2D eigenvalue weighted by Gasteiger charge is 2.25. The molecule has 0 aromatic heterocycles. The third-order valence-electron chi connectivity index (χ3n) is 1.07. The van der Waals surface area contributed by atoms with Gasteiger partial charge in [0.25, 0.3) is 0 Å². The molecule has 1 atom stereocenters. The predicted molar refractivity (Wildman–Crippen MR) is 33.7 cm³/mol. The largest absolute Gasteiger partial charge is 0.394 e. The van der Waals surface area contributed by atoms with Crippen LogP contribution >= 0.6 is 0 Å². The van der Waals surface area contributed by atoms with Crippen molar-refractivity contribution in [1.82, 2.24) is 5.32 Å². The molecular weight excluding hydrogens is 120 g/mol. The molecule has 4 N–H and O–H groups in total. The molecule has 9 heavy (non-hydrogen) atoms.